The molecule has 0 spiro atoms. The molecule has 680 valence electrons. The van der Waals surface area contributed by atoms with Crippen molar-refractivity contribution in [1.29, 1.82) is 0 Å². The van der Waals surface area contributed by atoms with Crippen LogP contribution in [0.4, 0.5) is 0 Å². The summed E-state index contributed by atoms with van der Waals surface area (Å²) in [6.07, 6.45) is 82.9. The highest BCUT2D eigenvalue weighted by Gasteiger charge is 2.74. The molecule has 2 atom stereocenters. The summed E-state index contributed by atoms with van der Waals surface area (Å²) in [5, 5.41) is 0. The van der Waals surface area contributed by atoms with Crippen molar-refractivity contribution >= 4 is 97.2 Å². The molecule has 1 nitrogen and oxygen atoms in total. The van der Waals surface area contributed by atoms with Crippen LogP contribution in [-0.4, -0.2) is 11.2 Å². The van der Waals surface area contributed by atoms with Crippen molar-refractivity contribution in [2.45, 2.75) is 11.2 Å². The fraction of sp³-hybridized carbons (Fsp3) is 0.0571. The zero-order valence-electron chi connectivity index (χ0n) is 79.2. The zero-order chi connectivity index (χ0) is 95.7. The molecule has 2 unspecified atom stereocenters. The fourth-order valence-corrected chi connectivity index (χ4v) is 20.1. The van der Waals surface area contributed by atoms with Crippen LogP contribution in [0.5, 0.6) is 0 Å². The van der Waals surface area contributed by atoms with Crippen molar-refractivity contribution in [2.75, 3.05) is 0 Å². The monoisotopic (exact) mass is 1810 g/mol. The van der Waals surface area contributed by atoms with E-state index in [0.717, 1.165) is 100 Å². The first-order valence-electron chi connectivity index (χ1n) is 48.7. The average Bonchev–Trinajstić information content (AvgIpc) is 0.652. The van der Waals surface area contributed by atoms with Gasteiger partial charge in [-0.2, -0.15) is 0 Å². The van der Waals surface area contributed by atoms with Crippen LogP contribution in [-0.2, 0) is 4.74 Å². The summed E-state index contributed by atoms with van der Waals surface area (Å²) in [6, 6.07) is 173. The van der Waals surface area contributed by atoms with Gasteiger partial charge in [-0.1, -0.05) is 668 Å². The normalized spacial score (nSPS) is 21.9. The first kappa shape index (κ1) is 94.2. The summed E-state index contributed by atoms with van der Waals surface area (Å²) in [6.45, 7) is 0. The molecule has 0 fully saturated rings. The highest BCUT2D eigenvalue weighted by molar-refractivity contribution is 5.79. The Morgan fingerprint density at radius 3 is 0.383 bits per heavy atom. The number of benzene rings is 16. The van der Waals surface area contributed by atoms with E-state index in [2.05, 4.69) is 692 Å². The molecule has 0 saturated carbocycles. The molecule has 0 aromatic heterocycles. The largest absolute Gasteiger partial charge is 0.349 e. The van der Waals surface area contributed by atoms with Gasteiger partial charge in [0.25, 0.3) is 0 Å². The van der Waals surface area contributed by atoms with Crippen molar-refractivity contribution in [1.82, 2.24) is 0 Å². The Balaban J connectivity index is 1.19. The SMILES string of the molecule is C(=Cc1ccccc1)C1=CC(C=Cc2ccccc2)(OC2(C=Cc3ccccc3)C=C(C=Cc3ccccc3)C(C=Cc3ccccc3)(C=Cc3ccccc3)C(C=Cc3ccccc3)(C=Cc3ccccc3)C2(C=Cc2ccccc2)C=Cc2ccccc2)C(C=Cc2ccccc2)(C=Cc2ccccc2)C(C=Cc2ccccc2)(C=Cc2ccccc2)C1(C=Cc1ccccc1)C=Cc1ccccc1. The van der Waals surface area contributed by atoms with Crippen LogP contribution >= 0.6 is 0 Å². The molecule has 0 heterocycles. The third-order valence-corrected chi connectivity index (χ3v) is 27.3. The summed E-state index contributed by atoms with van der Waals surface area (Å²) < 4.78 is 10.6. The molecule has 0 bridgehead atoms. The lowest BCUT2D eigenvalue weighted by Gasteiger charge is -2.69. The maximum Gasteiger partial charge on any atom is 0.121 e. The number of allylic oxidation sites excluding steroid dienone is 12. The van der Waals surface area contributed by atoms with E-state index in [1.165, 1.54) is 0 Å². The van der Waals surface area contributed by atoms with Crippen LogP contribution in [0.25, 0.3) is 97.2 Å². The molecule has 141 heavy (non-hydrogen) atoms. The van der Waals surface area contributed by atoms with Crippen molar-refractivity contribution in [3.05, 3.63) is 695 Å². The lowest BCUT2D eigenvalue weighted by Crippen LogP contribution is -2.69. The van der Waals surface area contributed by atoms with Crippen molar-refractivity contribution in [3.8, 4) is 0 Å². The Morgan fingerprint density at radius 2 is 0.234 bits per heavy atom. The van der Waals surface area contributed by atoms with E-state index in [0.29, 0.717) is 0 Å². The average molecular weight is 1810 g/mol. The number of rotatable bonds is 34. The molecule has 0 N–H and O–H groups in total. The molecule has 18 rings (SSSR count). The van der Waals surface area contributed by atoms with Crippen LogP contribution in [0.15, 0.2) is 606 Å². The maximum atomic E-state index is 10.6. The van der Waals surface area contributed by atoms with Gasteiger partial charge in [0.15, 0.2) is 0 Å². The highest BCUT2D eigenvalue weighted by Crippen LogP contribution is 2.75. The third kappa shape index (κ3) is 21.8. The molecular formula is C140H114O. The molecule has 2 aliphatic carbocycles. The van der Waals surface area contributed by atoms with Gasteiger partial charge in [0.1, 0.15) is 11.2 Å². The Hall–Kier alpha value is -17.2. The Bertz CT molecular complexity index is 6550. The van der Waals surface area contributed by atoms with Gasteiger partial charge in [0.2, 0.25) is 0 Å². The summed E-state index contributed by atoms with van der Waals surface area (Å²) >= 11 is 0. The number of hydrogen-bond acceptors (Lipinski definition) is 1. The molecule has 1 heteroatoms. The Labute approximate surface area is 834 Å². The van der Waals surface area contributed by atoms with E-state index in [1.54, 1.807) is 0 Å². The smallest absolute Gasteiger partial charge is 0.121 e. The summed E-state index contributed by atoms with van der Waals surface area (Å²) in [5.41, 5.74) is 4.66. The predicted octanol–water partition coefficient (Wildman–Crippen LogP) is 35.7. The van der Waals surface area contributed by atoms with Crippen molar-refractivity contribution < 1.29 is 4.74 Å². The molecule has 0 amide bonds. The molecular weight excluding hydrogens is 1700 g/mol. The number of hydrogen-bond donors (Lipinski definition) is 0. The van der Waals surface area contributed by atoms with Gasteiger partial charge < -0.3 is 4.74 Å². The quantitative estimate of drug-likeness (QED) is 0.0391. The second-order valence-corrected chi connectivity index (χ2v) is 36.0. The second-order valence-electron chi connectivity index (χ2n) is 36.0. The fourth-order valence-electron chi connectivity index (χ4n) is 20.1. The lowest BCUT2D eigenvalue weighted by atomic mass is 9.38. The summed E-state index contributed by atoms with van der Waals surface area (Å²) in [7, 11) is 0. The van der Waals surface area contributed by atoms with Gasteiger partial charge in [-0.3, -0.25) is 0 Å². The van der Waals surface area contributed by atoms with Crippen molar-refractivity contribution in [3.63, 3.8) is 0 Å². The van der Waals surface area contributed by atoms with Crippen LogP contribution in [0, 0.1) is 32.5 Å². The Morgan fingerprint density at radius 1 is 0.113 bits per heavy atom. The summed E-state index contributed by atoms with van der Waals surface area (Å²) in [4.78, 5) is 0. The lowest BCUT2D eigenvalue weighted by molar-refractivity contribution is -0.177. The standard InChI is InChI=1S/C140H114O/c1-17-49-115(50-18-1)81-83-131-113-139(111-97-129-77-45-15-46-78-129,137(107-93-125-69-37-11-38-70-125,108-94-126-71-39-12-40-72-126)135(103-89-121-61-29-7-30-62-121,104-90-122-63-31-8-32-64-122)133(131,99-85-117-53-21-3-22-54-117)100-86-118-55-23-4-24-56-118)141-140(112-98-130-79-47-16-48-80-130)114-132(84-82-116-51-19-2-20-52-116)134(101-87-119-57-25-5-26-58-119,102-88-120-59-27-6-28-60-120)136(105-91-123-65-33-9-34-66-123,106-92-124-67-35-10-36-68-124)138(140,109-95-127-73-41-13-42-74-127)110-96-128-75-43-14-44-76-128/h1-114H. The first-order valence-corrected chi connectivity index (χ1v) is 48.7. The van der Waals surface area contributed by atoms with Gasteiger partial charge in [-0.25, -0.2) is 0 Å². The molecule has 0 saturated heterocycles. The number of ether oxygens (including phenoxy) is 1. The minimum Gasteiger partial charge on any atom is -0.349 e. The Kier molecular flexibility index (Phi) is 30.5. The molecule has 0 radical (unpaired) electrons. The van der Waals surface area contributed by atoms with Crippen LogP contribution < -0.4 is 0 Å². The molecule has 2 aliphatic rings. The molecule has 16 aromatic carbocycles. The minimum atomic E-state index is -1.90. The van der Waals surface area contributed by atoms with Crippen LogP contribution in [0.2, 0.25) is 0 Å². The second kappa shape index (κ2) is 45.6. The van der Waals surface area contributed by atoms with Gasteiger partial charge in [0, 0.05) is 21.7 Å². The molecule has 0 aliphatic heterocycles. The van der Waals surface area contributed by atoms with E-state index >= 15 is 0 Å². The van der Waals surface area contributed by atoms with Crippen LogP contribution in [0.1, 0.15) is 89.0 Å². The van der Waals surface area contributed by atoms with Crippen molar-refractivity contribution in [2.24, 2.45) is 32.5 Å². The highest BCUT2D eigenvalue weighted by atomic mass is 16.5. The van der Waals surface area contributed by atoms with Gasteiger partial charge in [-0.15, -0.1) is 0 Å². The first-order chi connectivity index (χ1) is 69.7. The van der Waals surface area contributed by atoms with Gasteiger partial charge in [-0.05, 0) is 124 Å². The van der Waals surface area contributed by atoms with Gasteiger partial charge >= 0.3 is 0 Å². The van der Waals surface area contributed by atoms with E-state index in [-0.39, 0.29) is 0 Å². The van der Waals surface area contributed by atoms with E-state index < -0.39 is 43.7 Å². The predicted molar refractivity (Wildman–Crippen MR) is 605 cm³/mol. The zero-order valence-corrected chi connectivity index (χ0v) is 79.2. The van der Waals surface area contributed by atoms with E-state index in [4.69, 9.17) is 0 Å². The van der Waals surface area contributed by atoms with Gasteiger partial charge in [0.05, 0.1) is 10.8 Å². The minimum absolute atomic E-state index is 0.900. The van der Waals surface area contributed by atoms with E-state index in [1.807, 2.05) is 0 Å². The summed E-state index contributed by atoms with van der Waals surface area (Å²) in [5.74, 6) is 0. The van der Waals surface area contributed by atoms with E-state index in [9.17, 15) is 4.74 Å². The van der Waals surface area contributed by atoms with Crippen LogP contribution in [0.3, 0.4) is 0 Å². The maximum absolute atomic E-state index is 10.6. The topological polar surface area (TPSA) is 9.23 Å². The molecule has 16 aromatic rings. The third-order valence-electron chi connectivity index (χ3n) is 27.3.